The van der Waals surface area contributed by atoms with Crippen LogP contribution in [-0.2, 0) is 13.5 Å². The second-order valence-corrected chi connectivity index (χ2v) is 14.4. The quantitative estimate of drug-likeness (QED) is 0.372. The highest BCUT2D eigenvalue weighted by Crippen LogP contribution is 2.33. The van der Waals surface area contributed by atoms with Crippen molar-refractivity contribution in [3.63, 3.8) is 0 Å². The Kier molecular flexibility index (Phi) is 5.55. The van der Waals surface area contributed by atoms with Gasteiger partial charge in [-0.15, -0.1) is 0 Å². The molecule has 2 heteroatoms. The molecule has 28 heavy (non-hydrogen) atoms. The van der Waals surface area contributed by atoms with Crippen molar-refractivity contribution in [3.05, 3.63) is 58.8 Å². The van der Waals surface area contributed by atoms with E-state index in [-0.39, 0.29) is 0 Å². The monoisotopic (exact) mass is 390 g/mol. The highest BCUT2D eigenvalue weighted by molar-refractivity contribution is 6.91. The van der Waals surface area contributed by atoms with Gasteiger partial charge in [-0.05, 0) is 72.5 Å². The predicted octanol–water partition coefficient (Wildman–Crippen LogP) is 6.14. The van der Waals surface area contributed by atoms with Crippen molar-refractivity contribution in [1.82, 2.24) is 0 Å². The molecule has 0 aliphatic rings. The lowest BCUT2D eigenvalue weighted by molar-refractivity contribution is -0.659. The number of rotatable bonds is 4. The van der Waals surface area contributed by atoms with Crippen LogP contribution in [0.3, 0.4) is 0 Å². The second-order valence-electron chi connectivity index (χ2n) is 9.27. The van der Waals surface area contributed by atoms with Crippen LogP contribution in [0.15, 0.2) is 36.5 Å². The Hall–Kier alpha value is -1.93. The van der Waals surface area contributed by atoms with Gasteiger partial charge in [0.15, 0.2) is 6.20 Å². The molecule has 1 aromatic heterocycles. The molecule has 3 rings (SSSR count). The summed E-state index contributed by atoms with van der Waals surface area (Å²) in [6.45, 7) is 18.8. The third-order valence-corrected chi connectivity index (χ3v) is 12.0. The van der Waals surface area contributed by atoms with Gasteiger partial charge in [-0.3, -0.25) is 0 Å². The van der Waals surface area contributed by atoms with E-state index in [2.05, 4.69) is 103 Å². The maximum atomic E-state index is 2.49. The van der Waals surface area contributed by atoms with E-state index in [0.29, 0.717) is 0 Å². The molecule has 0 atom stereocenters. The number of hydrogen-bond donors (Lipinski definition) is 0. The fourth-order valence-corrected chi connectivity index (χ4v) is 5.88. The Morgan fingerprint density at radius 2 is 1.61 bits per heavy atom. The van der Waals surface area contributed by atoms with Crippen molar-refractivity contribution in [3.8, 4) is 11.3 Å². The predicted molar refractivity (Wildman–Crippen MR) is 126 cm³/mol. The maximum absolute atomic E-state index is 2.49. The van der Waals surface area contributed by atoms with Crippen molar-refractivity contribution >= 4 is 24.0 Å². The summed E-state index contributed by atoms with van der Waals surface area (Å²) in [5.74, 6) is 0. The highest BCUT2D eigenvalue weighted by Gasteiger charge is 2.28. The number of fused-ring (bicyclic) bond motifs is 1. The van der Waals surface area contributed by atoms with Gasteiger partial charge >= 0.3 is 0 Å². The summed E-state index contributed by atoms with van der Waals surface area (Å²) in [6.07, 6.45) is 3.30. The Bertz CT molecular complexity index is 1040. The number of aryl methyl sites for hydroxylation is 2. The Labute approximate surface area is 172 Å². The van der Waals surface area contributed by atoms with Gasteiger partial charge in [-0.25, -0.2) is 4.57 Å². The minimum Gasteiger partial charge on any atom is -0.200 e. The fraction of sp³-hybridized carbons (Fsp3) is 0.423. The molecule has 0 aliphatic carbocycles. The molecular formula is C26H36NSi+. The first kappa shape index (κ1) is 20.8. The molecule has 1 heterocycles. The Morgan fingerprint density at radius 1 is 0.929 bits per heavy atom. The molecule has 0 spiro atoms. The molecule has 2 aromatic carbocycles. The molecule has 0 unspecified atom stereocenters. The second kappa shape index (κ2) is 7.48. The SMILES string of the molecule is CCc1cc(-c2c3ccc([Si](C)(C)C(C)C)cc3cc[n+]2C)c(C)c(C)c1C. The Morgan fingerprint density at radius 3 is 2.21 bits per heavy atom. The van der Waals surface area contributed by atoms with E-state index in [1.54, 1.807) is 5.19 Å². The third-order valence-electron chi connectivity index (χ3n) is 7.29. The van der Waals surface area contributed by atoms with E-state index in [9.17, 15) is 0 Å². The van der Waals surface area contributed by atoms with Crippen LogP contribution in [0.2, 0.25) is 18.6 Å². The lowest BCUT2D eigenvalue weighted by Gasteiger charge is -2.27. The summed E-state index contributed by atoms with van der Waals surface area (Å²) in [5.41, 5.74) is 9.18. The van der Waals surface area contributed by atoms with Gasteiger partial charge in [0, 0.05) is 6.07 Å². The van der Waals surface area contributed by atoms with Crippen molar-refractivity contribution in [2.45, 2.75) is 66.6 Å². The molecule has 1 nitrogen and oxygen atoms in total. The van der Waals surface area contributed by atoms with Gasteiger partial charge in [0.05, 0.1) is 19.0 Å². The Balaban J connectivity index is 2.32. The number of benzene rings is 2. The number of aromatic nitrogens is 1. The molecule has 0 amide bonds. The van der Waals surface area contributed by atoms with Crippen molar-refractivity contribution in [2.75, 3.05) is 0 Å². The van der Waals surface area contributed by atoms with Crippen molar-refractivity contribution in [2.24, 2.45) is 7.05 Å². The van der Waals surface area contributed by atoms with Crippen LogP contribution in [0.5, 0.6) is 0 Å². The zero-order valence-electron chi connectivity index (χ0n) is 19.2. The van der Waals surface area contributed by atoms with Gasteiger partial charge in [0.2, 0.25) is 5.69 Å². The summed E-state index contributed by atoms with van der Waals surface area (Å²) < 4.78 is 2.30. The van der Waals surface area contributed by atoms with Crippen LogP contribution in [0.25, 0.3) is 22.0 Å². The summed E-state index contributed by atoms with van der Waals surface area (Å²) in [4.78, 5) is 0. The number of pyridine rings is 1. The fourth-order valence-electron chi connectivity index (χ4n) is 4.17. The summed E-state index contributed by atoms with van der Waals surface area (Å²) in [6, 6.07) is 11.9. The average Bonchev–Trinajstić information content (AvgIpc) is 2.66. The molecule has 3 aromatic rings. The molecule has 0 radical (unpaired) electrons. The molecular weight excluding hydrogens is 354 g/mol. The average molecular weight is 391 g/mol. The van der Waals surface area contributed by atoms with E-state index >= 15 is 0 Å². The molecule has 0 aliphatic heterocycles. The van der Waals surface area contributed by atoms with E-state index in [4.69, 9.17) is 0 Å². The van der Waals surface area contributed by atoms with Crippen LogP contribution >= 0.6 is 0 Å². The highest BCUT2D eigenvalue weighted by atomic mass is 28.3. The van der Waals surface area contributed by atoms with Gasteiger partial charge in [-0.1, -0.05) is 51.2 Å². The third kappa shape index (κ3) is 3.32. The number of nitrogens with zero attached hydrogens (tertiary/aromatic N) is 1. The lowest BCUT2D eigenvalue weighted by Crippen LogP contribution is -2.44. The van der Waals surface area contributed by atoms with Gasteiger partial charge in [0.25, 0.3) is 0 Å². The largest absolute Gasteiger partial charge is 0.220 e. The van der Waals surface area contributed by atoms with E-state index in [1.165, 1.54) is 44.3 Å². The van der Waals surface area contributed by atoms with Crippen LogP contribution < -0.4 is 9.75 Å². The molecule has 148 valence electrons. The van der Waals surface area contributed by atoms with Crippen LogP contribution in [0, 0.1) is 20.8 Å². The van der Waals surface area contributed by atoms with Crippen LogP contribution in [0.4, 0.5) is 0 Å². The normalized spacial score (nSPS) is 12.2. The first-order valence-electron chi connectivity index (χ1n) is 10.6. The maximum Gasteiger partial charge on any atom is 0.220 e. The first-order valence-corrected chi connectivity index (χ1v) is 13.7. The van der Waals surface area contributed by atoms with Crippen LogP contribution in [0.1, 0.15) is 43.0 Å². The smallest absolute Gasteiger partial charge is 0.200 e. The van der Waals surface area contributed by atoms with Gasteiger partial charge < -0.3 is 0 Å². The van der Waals surface area contributed by atoms with E-state index in [1.807, 2.05) is 0 Å². The summed E-state index contributed by atoms with van der Waals surface area (Å²) >= 11 is 0. The summed E-state index contributed by atoms with van der Waals surface area (Å²) in [7, 11) is 0.743. The first-order chi connectivity index (χ1) is 13.1. The minimum absolute atomic E-state index is 0.735. The lowest BCUT2D eigenvalue weighted by atomic mass is 9.90. The molecule has 0 N–H and O–H groups in total. The zero-order chi connectivity index (χ0) is 20.8. The molecule has 0 bridgehead atoms. The van der Waals surface area contributed by atoms with Crippen molar-refractivity contribution in [1.29, 1.82) is 0 Å². The zero-order valence-corrected chi connectivity index (χ0v) is 20.2. The van der Waals surface area contributed by atoms with Gasteiger partial charge in [0.1, 0.15) is 7.05 Å². The topological polar surface area (TPSA) is 3.88 Å². The molecule has 0 fully saturated rings. The van der Waals surface area contributed by atoms with Gasteiger partial charge in [-0.2, -0.15) is 0 Å². The van der Waals surface area contributed by atoms with Crippen LogP contribution in [-0.4, -0.2) is 8.07 Å². The molecule has 0 saturated carbocycles. The van der Waals surface area contributed by atoms with Crippen molar-refractivity contribution < 1.29 is 4.57 Å². The number of hydrogen-bond acceptors (Lipinski definition) is 0. The molecule has 0 saturated heterocycles. The summed E-state index contributed by atoms with van der Waals surface area (Å²) in [5, 5.41) is 4.28. The van der Waals surface area contributed by atoms with E-state index < -0.39 is 8.07 Å². The standard InChI is InChI=1S/C26H36NSi/c1-10-21-16-25(20(6)18(4)19(21)5)26-24-12-11-23(28(8,9)17(2)3)15-22(24)13-14-27(26)7/h11-17H,10H2,1-9H3/q+1. The minimum atomic E-state index is -1.43. The van der Waals surface area contributed by atoms with E-state index in [0.717, 1.165) is 12.0 Å².